The molecule has 1 rings (SSSR count). The molecular weight excluding hydrogens is 207 g/mol. The van der Waals surface area contributed by atoms with Gasteiger partial charge in [0, 0.05) is 19.8 Å². The Kier molecular flexibility index (Phi) is 3.52. The van der Waals surface area contributed by atoms with E-state index in [1.165, 1.54) is 19.3 Å². The summed E-state index contributed by atoms with van der Waals surface area (Å²) in [5.41, 5.74) is 6.14. The van der Waals surface area contributed by atoms with E-state index in [0.29, 0.717) is 6.54 Å². The number of alkyl halides is 3. The third-order valence-electron chi connectivity index (χ3n) is 1.85. The minimum atomic E-state index is -4.22. The number of aromatic nitrogens is 1. The maximum atomic E-state index is 12.0. The number of nitrogens with zero attached hydrogens (tertiary/aromatic N) is 2. The largest absolute Gasteiger partial charge is 0.405 e. The molecule has 0 unspecified atom stereocenters. The first-order valence-corrected chi connectivity index (χ1v) is 4.35. The Balaban J connectivity index is 2.70. The Morgan fingerprint density at radius 1 is 1.40 bits per heavy atom. The normalized spacial score (nSPS) is 11.5. The van der Waals surface area contributed by atoms with Crippen molar-refractivity contribution in [1.29, 1.82) is 0 Å². The van der Waals surface area contributed by atoms with E-state index in [9.17, 15) is 13.2 Å². The van der Waals surface area contributed by atoms with E-state index in [0.717, 1.165) is 10.5 Å². The number of pyridine rings is 1. The highest BCUT2D eigenvalue weighted by Crippen LogP contribution is 2.19. The minimum absolute atomic E-state index is 0.282. The van der Waals surface area contributed by atoms with Crippen molar-refractivity contribution in [3.05, 3.63) is 23.9 Å². The van der Waals surface area contributed by atoms with Gasteiger partial charge in [0.15, 0.2) is 0 Å². The summed E-state index contributed by atoms with van der Waals surface area (Å²) in [6, 6.07) is 3.18. The molecular formula is C9H12F3N3. The van der Waals surface area contributed by atoms with Crippen LogP contribution in [0.1, 0.15) is 5.56 Å². The van der Waals surface area contributed by atoms with Gasteiger partial charge in [0.2, 0.25) is 0 Å². The van der Waals surface area contributed by atoms with Crippen LogP contribution in [-0.2, 0) is 6.54 Å². The van der Waals surface area contributed by atoms with Crippen LogP contribution in [0, 0.1) is 0 Å². The molecule has 0 aliphatic heterocycles. The highest BCUT2D eigenvalue weighted by Gasteiger charge is 2.29. The molecule has 84 valence electrons. The van der Waals surface area contributed by atoms with Gasteiger partial charge in [0.05, 0.1) is 0 Å². The fourth-order valence-electron chi connectivity index (χ4n) is 1.11. The highest BCUT2D eigenvalue weighted by atomic mass is 19.4. The molecule has 0 saturated carbocycles. The first-order valence-electron chi connectivity index (χ1n) is 4.35. The summed E-state index contributed by atoms with van der Waals surface area (Å²) in [6.07, 6.45) is -2.74. The molecule has 0 saturated heterocycles. The van der Waals surface area contributed by atoms with Crippen molar-refractivity contribution < 1.29 is 13.2 Å². The molecule has 0 bridgehead atoms. The monoisotopic (exact) mass is 219 g/mol. The summed E-state index contributed by atoms with van der Waals surface area (Å²) in [5.74, 6) is 0.282. The zero-order chi connectivity index (χ0) is 11.5. The standard InChI is InChI=1S/C9H12F3N3/c1-15(6-9(10,11)12)8-3-2-7(4-13)5-14-8/h2-3,5H,4,6,13H2,1H3. The minimum Gasteiger partial charge on any atom is -0.351 e. The highest BCUT2D eigenvalue weighted by molar-refractivity contribution is 5.38. The Hall–Kier alpha value is -1.30. The van der Waals surface area contributed by atoms with Crippen LogP contribution in [0.2, 0.25) is 0 Å². The van der Waals surface area contributed by atoms with Crippen molar-refractivity contribution in [2.24, 2.45) is 5.73 Å². The van der Waals surface area contributed by atoms with E-state index in [2.05, 4.69) is 4.98 Å². The van der Waals surface area contributed by atoms with Crippen LogP contribution in [-0.4, -0.2) is 24.8 Å². The van der Waals surface area contributed by atoms with Crippen LogP contribution >= 0.6 is 0 Å². The lowest BCUT2D eigenvalue weighted by atomic mass is 10.3. The lowest BCUT2D eigenvalue weighted by molar-refractivity contribution is -0.119. The molecule has 1 aromatic rings. The van der Waals surface area contributed by atoms with Crippen molar-refractivity contribution in [1.82, 2.24) is 4.98 Å². The number of hydrogen-bond donors (Lipinski definition) is 1. The summed E-state index contributed by atoms with van der Waals surface area (Å²) < 4.78 is 36.1. The summed E-state index contributed by atoms with van der Waals surface area (Å²) in [6.45, 7) is -0.682. The van der Waals surface area contributed by atoms with Gasteiger partial charge in [-0.3, -0.25) is 0 Å². The fourth-order valence-corrected chi connectivity index (χ4v) is 1.11. The molecule has 0 aromatic carbocycles. The topological polar surface area (TPSA) is 42.1 Å². The maximum absolute atomic E-state index is 12.0. The molecule has 2 N–H and O–H groups in total. The van der Waals surface area contributed by atoms with Gasteiger partial charge in [-0.15, -0.1) is 0 Å². The molecule has 0 radical (unpaired) electrons. The molecule has 0 amide bonds. The predicted molar refractivity (Wildman–Crippen MR) is 51.5 cm³/mol. The predicted octanol–water partition coefficient (Wildman–Crippen LogP) is 1.54. The van der Waals surface area contributed by atoms with Gasteiger partial charge in [0.25, 0.3) is 0 Å². The van der Waals surface area contributed by atoms with Gasteiger partial charge in [-0.05, 0) is 11.6 Å². The number of hydrogen-bond acceptors (Lipinski definition) is 3. The van der Waals surface area contributed by atoms with Gasteiger partial charge < -0.3 is 10.6 Å². The zero-order valence-electron chi connectivity index (χ0n) is 8.25. The molecule has 0 atom stereocenters. The van der Waals surface area contributed by atoms with E-state index < -0.39 is 12.7 Å². The Morgan fingerprint density at radius 2 is 2.07 bits per heavy atom. The quantitative estimate of drug-likeness (QED) is 0.838. The molecule has 15 heavy (non-hydrogen) atoms. The number of nitrogens with two attached hydrogens (primary N) is 1. The van der Waals surface area contributed by atoms with Crippen molar-refractivity contribution in [3.63, 3.8) is 0 Å². The first kappa shape index (κ1) is 11.8. The Bertz CT molecular complexity index is 307. The van der Waals surface area contributed by atoms with Gasteiger partial charge in [-0.1, -0.05) is 6.07 Å². The summed E-state index contributed by atoms with van der Waals surface area (Å²) in [5, 5.41) is 0. The van der Waals surface area contributed by atoms with Gasteiger partial charge in [0.1, 0.15) is 12.4 Å². The maximum Gasteiger partial charge on any atom is 0.405 e. The van der Waals surface area contributed by atoms with Crippen LogP contribution < -0.4 is 10.6 Å². The first-order chi connectivity index (χ1) is 6.92. The molecule has 6 heteroatoms. The SMILES string of the molecule is CN(CC(F)(F)F)c1ccc(CN)cn1. The Morgan fingerprint density at radius 3 is 2.47 bits per heavy atom. The second kappa shape index (κ2) is 4.48. The van der Waals surface area contributed by atoms with Crippen molar-refractivity contribution in [2.75, 3.05) is 18.5 Å². The summed E-state index contributed by atoms with van der Waals surface area (Å²) >= 11 is 0. The van der Waals surface area contributed by atoms with E-state index in [1.54, 1.807) is 6.07 Å². The number of rotatable bonds is 3. The van der Waals surface area contributed by atoms with Crippen molar-refractivity contribution >= 4 is 5.82 Å². The molecule has 1 heterocycles. The molecule has 0 spiro atoms. The van der Waals surface area contributed by atoms with Gasteiger partial charge in [-0.2, -0.15) is 13.2 Å². The smallest absolute Gasteiger partial charge is 0.351 e. The second-order valence-corrected chi connectivity index (χ2v) is 3.20. The van der Waals surface area contributed by atoms with Crippen molar-refractivity contribution in [3.8, 4) is 0 Å². The van der Waals surface area contributed by atoms with Crippen LogP contribution in [0.5, 0.6) is 0 Å². The third kappa shape index (κ3) is 3.75. The third-order valence-corrected chi connectivity index (χ3v) is 1.85. The average Bonchev–Trinajstić information content (AvgIpc) is 2.15. The van der Waals surface area contributed by atoms with Crippen LogP contribution in [0.4, 0.5) is 19.0 Å². The van der Waals surface area contributed by atoms with E-state index in [-0.39, 0.29) is 5.82 Å². The van der Waals surface area contributed by atoms with E-state index >= 15 is 0 Å². The fraction of sp³-hybridized carbons (Fsp3) is 0.444. The lowest BCUT2D eigenvalue weighted by Crippen LogP contribution is -2.31. The molecule has 3 nitrogen and oxygen atoms in total. The zero-order valence-corrected chi connectivity index (χ0v) is 8.25. The summed E-state index contributed by atoms with van der Waals surface area (Å²) in [7, 11) is 1.35. The van der Waals surface area contributed by atoms with Crippen LogP contribution in [0.15, 0.2) is 18.3 Å². The molecule has 1 aromatic heterocycles. The van der Waals surface area contributed by atoms with Crippen LogP contribution in [0.3, 0.4) is 0 Å². The number of anilines is 1. The van der Waals surface area contributed by atoms with E-state index in [1.807, 2.05) is 0 Å². The van der Waals surface area contributed by atoms with Crippen LogP contribution in [0.25, 0.3) is 0 Å². The van der Waals surface area contributed by atoms with Gasteiger partial charge >= 0.3 is 6.18 Å². The number of halogens is 3. The second-order valence-electron chi connectivity index (χ2n) is 3.20. The Labute approximate surface area is 85.7 Å². The average molecular weight is 219 g/mol. The molecule has 0 aliphatic rings. The van der Waals surface area contributed by atoms with Gasteiger partial charge in [-0.25, -0.2) is 4.98 Å². The summed E-state index contributed by atoms with van der Waals surface area (Å²) in [4.78, 5) is 4.92. The molecule has 0 aliphatic carbocycles. The molecule has 0 fully saturated rings. The lowest BCUT2D eigenvalue weighted by Gasteiger charge is -2.19. The van der Waals surface area contributed by atoms with E-state index in [4.69, 9.17) is 5.73 Å². The van der Waals surface area contributed by atoms with Crippen molar-refractivity contribution in [2.45, 2.75) is 12.7 Å².